The van der Waals surface area contributed by atoms with E-state index in [1.165, 1.54) is 11.3 Å². The number of carbonyl (C=O) groups is 1. The van der Waals surface area contributed by atoms with Crippen LogP contribution >= 0.6 is 11.3 Å². The van der Waals surface area contributed by atoms with Gasteiger partial charge in [-0.25, -0.2) is 4.98 Å². The molecule has 2 fully saturated rings. The van der Waals surface area contributed by atoms with Gasteiger partial charge in [0.25, 0.3) is 5.91 Å². The molecular weight excluding hydrogens is 524 g/mol. The normalized spacial score (nSPS) is 17.3. The zero-order valence-corrected chi connectivity index (χ0v) is 24.9. The monoisotopic (exact) mass is 564 g/mol. The minimum absolute atomic E-state index is 0.188. The summed E-state index contributed by atoms with van der Waals surface area (Å²) < 4.78 is 8.27. The molecule has 40 heavy (non-hydrogen) atoms. The number of anilines is 1. The number of hydrogen-bond acceptors (Lipinski definition) is 8. The number of amides is 1. The molecule has 2 saturated heterocycles. The molecule has 0 aliphatic carbocycles. The zero-order valence-electron chi connectivity index (χ0n) is 24.1. The van der Waals surface area contributed by atoms with Gasteiger partial charge >= 0.3 is 0 Å². The number of rotatable bonds is 5. The number of piperazine rings is 1. The molecule has 2 aliphatic rings. The molecule has 10 heteroatoms. The van der Waals surface area contributed by atoms with Crippen molar-refractivity contribution in [1.29, 1.82) is 0 Å². The molecule has 0 N–H and O–H groups in total. The Kier molecular flexibility index (Phi) is 9.00. The van der Waals surface area contributed by atoms with Crippen LogP contribution in [0, 0.1) is 0 Å². The highest BCUT2D eigenvalue weighted by atomic mass is 32.1. The van der Waals surface area contributed by atoms with Crippen LogP contribution < -0.4 is 10.3 Å². The van der Waals surface area contributed by atoms with Crippen molar-refractivity contribution < 1.29 is 9.53 Å². The third-order valence-corrected chi connectivity index (χ3v) is 8.95. The highest BCUT2D eigenvalue weighted by Gasteiger charge is 2.29. The van der Waals surface area contributed by atoms with Crippen LogP contribution in [0.4, 0.5) is 5.82 Å². The van der Waals surface area contributed by atoms with Crippen LogP contribution in [0.1, 0.15) is 30.6 Å². The van der Waals surface area contributed by atoms with Gasteiger partial charge in [-0.15, -0.1) is 11.3 Å². The van der Waals surface area contributed by atoms with Crippen LogP contribution in [0.15, 0.2) is 41.2 Å². The second kappa shape index (κ2) is 12.6. The first-order valence-electron chi connectivity index (χ1n) is 14.4. The summed E-state index contributed by atoms with van der Waals surface area (Å²) in [7, 11) is 3.85. The zero-order chi connectivity index (χ0) is 28.2. The van der Waals surface area contributed by atoms with E-state index in [-0.39, 0.29) is 16.9 Å². The van der Waals surface area contributed by atoms with E-state index in [0.29, 0.717) is 35.6 Å². The number of fused-ring (bicyclic) bond motifs is 5. The lowest BCUT2D eigenvalue weighted by molar-refractivity contribution is 0.0595. The number of benzene rings is 1. The van der Waals surface area contributed by atoms with Crippen molar-refractivity contribution in [3.8, 4) is 0 Å². The summed E-state index contributed by atoms with van der Waals surface area (Å²) in [5, 5.41) is 0.490. The summed E-state index contributed by atoms with van der Waals surface area (Å²) in [5.74, 6) is 0.689. The lowest BCUT2D eigenvalue weighted by Gasteiger charge is -2.34. The first-order valence-corrected chi connectivity index (χ1v) is 15.2. The number of aromatic nitrogens is 2. The Morgan fingerprint density at radius 2 is 1.75 bits per heavy atom. The molecule has 6 rings (SSSR count). The van der Waals surface area contributed by atoms with E-state index >= 15 is 0 Å². The molecule has 0 atom stereocenters. The highest BCUT2D eigenvalue weighted by Crippen LogP contribution is 2.32. The molecule has 2 aliphatic heterocycles. The third kappa shape index (κ3) is 5.45. The largest absolute Gasteiger partial charge is 0.383 e. The lowest BCUT2D eigenvalue weighted by Crippen LogP contribution is -2.50. The topological polar surface area (TPSA) is 73.6 Å². The Hall–Kier alpha value is -3.05. The molecule has 214 valence electrons. The molecule has 9 nitrogen and oxygen atoms in total. The standard InChI is InChI=1S/C28H34N6O3S.C2H6/c1-30-10-5-11-32(15-12-30)23-9-8-20-25(35)24(27(36)33-16-13-31(14-17-33)18-19-37-2)28-34(26(20)29-23)21-6-3-4-7-22(21)38-28;1-2/h3-4,6-9H,5,10-19H2,1-2H3;1-2H3. The number of methoxy groups -OCH3 is 1. The van der Waals surface area contributed by atoms with Crippen LogP contribution in [-0.2, 0) is 4.74 Å². The number of carbonyl (C=O) groups excluding carboxylic acids is 1. The Labute approximate surface area is 239 Å². The van der Waals surface area contributed by atoms with Crippen molar-refractivity contribution in [3.63, 3.8) is 0 Å². The summed E-state index contributed by atoms with van der Waals surface area (Å²) in [6, 6.07) is 11.9. The van der Waals surface area contributed by atoms with Gasteiger partial charge in [0.05, 0.1) is 22.2 Å². The predicted molar refractivity (Wildman–Crippen MR) is 164 cm³/mol. The molecule has 0 spiro atoms. The molecule has 0 bridgehead atoms. The smallest absolute Gasteiger partial charge is 0.260 e. The van der Waals surface area contributed by atoms with Gasteiger partial charge in [0, 0.05) is 59.5 Å². The molecule has 1 aromatic carbocycles. The molecule has 0 radical (unpaired) electrons. The Morgan fingerprint density at radius 1 is 0.975 bits per heavy atom. The minimum atomic E-state index is -0.229. The van der Waals surface area contributed by atoms with E-state index in [1.54, 1.807) is 7.11 Å². The first kappa shape index (κ1) is 28.5. The average molecular weight is 565 g/mol. The number of hydrogen-bond donors (Lipinski definition) is 0. The average Bonchev–Trinajstić information content (AvgIpc) is 3.24. The molecule has 0 unspecified atom stereocenters. The van der Waals surface area contributed by atoms with Gasteiger partial charge in [0.15, 0.2) is 5.65 Å². The Morgan fingerprint density at radius 3 is 2.52 bits per heavy atom. The number of ether oxygens (including phenoxy) is 1. The molecule has 3 aromatic heterocycles. The van der Waals surface area contributed by atoms with Crippen molar-refractivity contribution >= 4 is 49.1 Å². The van der Waals surface area contributed by atoms with Crippen molar-refractivity contribution in [1.82, 2.24) is 24.1 Å². The molecular formula is C30H40N6O3S. The number of likely N-dealkylation sites (N-methyl/N-ethyl adjacent to an activating group) is 1. The highest BCUT2D eigenvalue weighted by molar-refractivity contribution is 7.24. The van der Waals surface area contributed by atoms with Gasteiger partial charge < -0.3 is 19.4 Å². The van der Waals surface area contributed by atoms with Crippen molar-refractivity contribution in [2.45, 2.75) is 20.3 Å². The second-order valence-electron chi connectivity index (χ2n) is 10.2. The fraction of sp³-hybridized carbons (Fsp3) is 0.500. The number of pyridine rings is 2. The fourth-order valence-electron chi connectivity index (χ4n) is 5.57. The maximum absolute atomic E-state index is 14.0. The van der Waals surface area contributed by atoms with Gasteiger partial charge in [-0.05, 0) is 44.3 Å². The van der Waals surface area contributed by atoms with E-state index < -0.39 is 0 Å². The van der Waals surface area contributed by atoms with Crippen LogP contribution in [0.3, 0.4) is 0 Å². The summed E-state index contributed by atoms with van der Waals surface area (Å²) in [5.41, 5.74) is 1.62. The molecule has 1 amide bonds. The van der Waals surface area contributed by atoms with Gasteiger partial charge in [0.2, 0.25) is 5.43 Å². The minimum Gasteiger partial charge on any atom is -0.383 e. The van der Waals surface area contributed by atoms with E-state index in [1.807, 2.05) is 59.5 Å². The van der Waals surface area contributed by atoms with Crippen LogP contribution in [0.2, 0.25) is 0 Å². The summed E-state index contributed by atoms with van der Waals surface area (Å²) in [6.07, 6.45) is 1.07. The first-order chi connectivity index (χ1) is 19.5. The number of para-hydroxylation sites is 1. The fourth-order valence-corrected chi connectivity index (χ4v) is 6.75. The van der Waals surface area contributed by atoms with E-state index in [9.17, 15) is 9.59 Å². The van der Waals surface area contributed by atoms with Crippen molar-refractivity contribution in [2.75, 3.05) is 84.6 Å². The molecule has 4 aromatic rings. The van der Waals surface area contributed by atoms with Crippen molar-refractivity contribution in [3.05, 3.63) is 52.2 Å². The van der Waals surface area contributed by atoms with E-state index in [0.717, 1.165) is 68.3 Å². The third-order valence-electron chi connectivity index (χ3n) is 7.80. The Balaban J connectivity index is 0.00000158. The lowest BCUT2D eigenvalue weighted by atomic mass is 10.1. The predicted octanol–water partition coefficient (Wildman–Crippen LogP) is 3.63. The SMILES string of the molecule is CC.COCCN1CCN(C(=O)c2c(=O)c3ccc(N4CCCN(C)CC4)nc3n3c2sc2ccccc23)CC1. The summed E-state index contributed by atoms with van der Waals surface area (Å²) in [4.78, 5) is 42.4. The molecule has 0 saturated carbocycles. The van der Waals surface area contributed by atoms with Crippen LogP contribution in [0.25, 0.3) is 26.1 Å². The number of nitrogens with zero attached hydrogens (tertiary/aromatic N) is 6. The quantitative estimate of drug-likeness (QED) is 0.367. The maximum Gasteiger partial charge on any atom is 0.260 e. The second-order valence-corrected chi connectivity index (χ2v) is 11.3. The van der Waals surface area contributed by atoms with Gasteiger partial charge in [-0.3, -0.25) is 18.9 Å². The van der Waals surface area contributed by atoms with Gasteiger partial charge in [-0.2, -0.15) is 0 Å². The Bertz CT molecular complexity index is 1540. The summed E-state index contributed by atoms with van der Waals surface area (Å²) >= 11 is 1.49. The summed E-state index contributed by atoms with van der Waals surface area (Å²) in [6.45, 7) is 12.1. The van der Waals surface area contributed by atoms with Gasteiger partial charge in [0.1, 0.15) is 16.2 Å². The maximum atomic E-state index is 14.0. The molecule has 5 heterocycles. The number of thiazole rings is 1. The van der Waals surface area contributed by atoms with Crippen LogP contribution in [-0.4, -0.2) is 110 Å². The van der Waals surface area contributed by atoms with E-state index in [2.05, 4.69) is 21.7 Å². The van der Waals surface area contributed by atoms with Crippen molar-refractivity contribution in [2.24, 2.45) is 0 Å². The van der Waals surface area contributed by atoms with Crippen LogP contribution in [0.5, 0.6) is 0 Å². The van der Waals surface area contributed by atoms with E-state index in [4.69, 9.17) is 9.72 Å². The van der Waals surface area contributed by atoms with Gasteiger partial charge in [-0.1, -0.05) is 26.0 Å².